The summed E-state index contributed by atoms with van der Waals surface area (Å²) in [6.07, 6.45) is 0.880. The molecule has 0 unspecified atom stereocenters. The van der Waals surface area contributed by atoms with Crippen molar-refractivity contribution in [2.75, 3.05) is 44.9 Å². The number of aliphatic hydroxyl groups excluding tert-OH is 1. The number of thioether (sulfide) groups is 1. The lowest BCUT2D eigenvalue weighted by Gasteiger charge is -2.08. The molecule has 5 heteroatoms. The Morgan fingerprint density at radius 2 is 1.84 bits per heavy atom. The van der Waals surface area contributed by atoms with Crippen molar-refractivity contribution in [3.05, 3.63) is 24.3 Å². The second-order valence-electron chi connectivity index (χ2n) is 3.96. The molecule has 108 valence electrons. The van der Waals surface area contributed by atoms with E-state index in [0.29, 0.717) is 6.61 Å². The summed E-state index contributed by atoms with van der Waals surface area (Å²) in [4.78, 5) is 0. The van der Waals surface area contributed by atoms with E-state index in [-0.39, 0.29) is 6.61 Å². The maximum absolute atomic E-state index is 8.63. The van der Waals surface area contributed by atoms with Gasteiger partial charge in [-0.25, -0.2) is 0 Å². The molecule has 0 saturated heterocycles. The number of ether oxygens (including phenoxy) is 2. The molecule has 0 aromatic heterocycles. The number of rotatable bonds is 11. The van der Waals surface area contributed by atoms with Crippen LogP contribution in [0.1, 0.15) is 6.42 Å². The van der Waals surface area contributed by atoms with Crippen molar-refractivity contribution in [2.45, 2.75) is 6.42 Å². The first-order chi connectivity index (χ1) is 9.36. The van der Waals surface area contributed by atoms with Gasteiger partial charge in [0, 0.05) is 25.4 Å². The molecular weight excluding hydrogens is 262 g/mol. The van der Waals surface area contributed by atoms with Crippen molar-refractivity contribution >= 4 is 11.8 Å². The normalized spacial score (nSPS) is 10.4. The summed E-state index contributed by atoms with van der Waals surface area (Å²) in [5.74, 6) is 3.80. The van der Waals surface area contributed by atoms with E-state index in [1.807, 2.05) is 36.0 Å². The van der Waals surface area contributed by atoms with E-state index in [1.165, 1.54) is 0 Å². The molecule has 1 aromatic carbocycles. The first kappa shape index (κ1) is 16.1. The zero-order valence-electron chi connectivity index (χ0n) is 11.4. The van der Waals surface area contributed by atoms with Crippen molar-refractivity contribution in [3.8, 4) is 11.5 Å². The highest BCUT2D eigenvalue weighted by atomic mass is 32.2. The summed E-state index contributed by atoms with van der Waals surface area (Å²) in [5, 5.41) is 11.9. The molecule has 1 aromatic rings. The molecule has 0 amide bonds. The van der Waals surface area contributed by atoms with Crippen LogP contribution in [0.4, 0.5) is 0 Å². The third-order valence-electron chi connectivity index (χ3n) is 2.48. The first-order valence-electron chi connectivity index (χ1n) is 6.53. The minimum Gasteiger partial charge on any atom is -0.497 e. The van der Waals surface area contributed by atoms with Gasteiger partial charge in [-0.2, -0.15) is 11.8 Å². The minimum atomic E-state index is 0.288. The van der Waals surface area contributed by atoms with Gasteiger partial charge in [-0.1, -0.05) is 0 Å². The average molecular weight is 285 g/mol. The van der Waals surface area contributed by atoms with Crippen LogP contribution in [-0.4, -0.2) is 50.0 Å². The number of hydrogen-bond donors (Lipinski definition) is 2. The molecule has 0 spiro atoms. The molecule has 0 atom stereocenters. The van der Waals surface area contributed by atoms with Crippen LogP contribution in [0.25, 0.3) is 0 Å². The fourth-order valence-corrected chi connectivity index (χ4v) is 2.28. The lowest BCUT2D eigenvalue weighted by Crippen LogP contribution is -2.23. The van der Waals surface area contributed by atoms with Gasteiger partial charge < -0.3 is 19.9 Å². The van der Waals surface area contributed by atoms with Crippen LogP contribution >= 0.6 is 11.8 Å². The van der Waals surface area contributed by atoms with Gasteiger partial charge in [0.1, 0.15) is 18.1 Å². The Hall–Kier alpha value is -0.910. The van der Waals surface area contributed by atoms with Crippen LogP contribution < -0.4 is 14.8 Å². The highest BCUT2D eigenvalue weighted by Crippen LogP contribution is 2.16. The third-order valence-corrected chi connectivity index (χ3v) is 3.55. The molecule has 1 rings (SSSR count). The van der Waals surface area contributed by atoms with E-state index >= 15 is 0 Å². The molecule has 0 bridgehead atoms. The summed E-state index contributed by atoms with van der Waals surface area (Å²) >= 11 is 1.86. The van der Waals surface area contributed by atoms with Crippen molar-refractivity contribution < 1.29 is 14.6 Å². The maximum atomic E-state index is 8.63. The number of nitrogens with one attached hydrogen (secondary N) is 1. The fourth-order valence-electron chi connectivity index (χ4n) is 1.45. The molecule has 2 N–H and O–H groups in total. The third kappa shape index (κ3) is 7.97. The molecule has 0 aliphatic heterocycles. The quantitative estimate of drug-likeness (QED) is 0.607. The van der Waals surface area contributed by atoms with Crippen molar-refractivity contribution in [3.63, 3.8) is 0 Å². The lowest BCUT2D eigenvalue weighted by atomic mass is 10.3. The molecular formula is C14H23NO3S. The second kappa shape index (κ2) is 11.0. The Morgan fingerprint density at radius 1 is 1.11 bits per heavy atom. The summed E-state index contributed by atoms with van der Waals surface area (Å²) in [6, 6.07) is 7.59. The Kier molecular flexibility index (Phi) is 9.32. The molecule has 19 heavy (non-hydrogen) atoms. The molecule has 0 radical (unpaired) electrons. The van der Waals surface area contributed by atoms with Crippen molar-refractivity contribution in [2.24, 2.45) is 0 Å². The summed E-state index contributed by atoms with van der Waals surface area (Å²) in [5.41, 5.74) is 0. The van der Waals surface area contributed by atoms with Gasteiger partial charge in [0.2, 0.25) is 0 Å². The van der Waals surface area contributed by atoms with Gasteiger partial charge in [-0.3, -0.25) is 0 Å². The number of aliphatic hydroxyl groups is 1. The van der Waals surface area contributed by atoms with Crippen LogP contribution in [0.3, 0.4) is 0 Å². The predicted molar refractivity (Wildman–Crippen MR) is 80.4 cm³/mol. The second-order valence-corrected chi connectivity index (χ2v) is 5.19. The zero-order valence-corrected chi connectivity index (χ0v) is 12.2. The van der Waals surface area contributed by atoms with E-state index in [0.717, 1.165) is 42.5 Å². The first-order valence-corrected chi connectivity index (χ1v) is 7.68. The smallest absolute Gasteiger partial charge is 0.119 e. The fraction of sp³-hybridized carbons (Fsp3) is 0.571. The Balaban J connectivity index is 1.95. The highest BCUT2D eigenvalue weighted by molar-refractivity contribution is 7.99. The SMILES string of the molecule is COc1ccc(OCCNCCSCCCO)cc1. The highest BCUT2D eigenvalue weighted by Gasteiger charge is 1.95. The molecule has 0 saturated carbocycles. The molecule has 0 aliphatic carbocycles. The topological polar surface area (TPSA) is 50.7 Å². The Labute approximate surface area is 119 Å². The number of hydrogen-bond acceptors (Lipinski definition) is 5. The van der Waals surface area contributed by atoms with E-state index < -0.39 is 0 Å². The minimum absolute atomic E-state index is 0.288. The zero-order chi connectivity index (χ0) is 13.8. The van der Waals surface area contributed by atoms with Gasteiger partial charge >= 0.3 is 0 Å². The van der Waals surface area contributed by atoms with E-state index in [2.05, 4.69) is 5.32 Å². The maximum Gasteiger partial charge on any atom is 0.119 e. The average Bonchev–Trinajstić information content (AvgIpc) is 2.46. The Bertz CT molecular complexity index is 319. The van der Waals surface area contributed by atoms with Gasteiger partial charge in [0.15, 0.2) is 0 Å². The molecule has 4 nitrogen and oxygen atoms in total. The van der Waals surface area contributed by atoms with Crippen LogP contribution in [0, 0.1) is 0 Å². The van der Waals surface area contributed by atoms with Gasteiger partial charge in [-0.05, 0) is 36.4 Å². The number of methoxy groups -OCH3 is 1. The summed E-state index contributed by atoms with van der Waals surface area (Å²) < 4.78 is 10.7. The molecule has 0 heterocycles. The predicted octanol–water partition coefficient (Wildman–Crippen LogP) is 1.78. The van der Waals surface area contributed by atoms with Gasteiger partial charge in [0.25, 0.3) is 0 Å². The lowest BCUT2D eigenvalue weighted by molar-refractivity contribution is 0.296. The van der Waals surface area contributed by atoms with Crippen molar-refractivity contribution in [1.82, 2.24) is 5.32 Å². The van der Waals surface area contributed by atoms with E-state index in [4.69, 9.17) is 14.6 Å². The summed E-state index contributed by atoms with van der Waals surface area (Å²) in [6.45, 7) is 2.76. The van der Waals surface area contributed by atoms with Gasteiger partial charge in [0.05, 0.1) is 7.11 Å². The van der Waals surface area contributed by atoms with Crippen LogP contribution in [0.2, 0.25) is 0 Å². The molecule has 0 fully saturated rings. The standard InChI is InChI=1S/C14H23NO3S/c1-17-13-3-5-14(6-4-13)18-10-7-15-8-12-19-11-2-9-16/h3-6,15-16H,2,7-12H2,1H3. The largest absolute Gasteiger partial charge is 0.497 e. The monoisotopic (exact) mass is 285 g/mol. The van der Waals surface area contributed by atoms with Gasteiger partial charge in [-0.15, -0.1) is 0 Å². The van der Waals surface area contributed by atoms with Crippen LogP contribution in [0.15, 0.2) is 24.3 Å². The van der Waals surface area contributed by atoms with Crippen molar-refractivity contribution in [1.29, 1.82) is 0 Å². The van der Waals surface area contributed by atoms with E-state index in [9.17, 15) is 0 Å². The van der Waals surface area contributed by atoms with E-state index in [1.54, 1.807) is 7.11 Å². The molecule has 0 aliphatic rings. The van der Waals surface area contributed by atoms with Crippen LogP contribution in [0.5, 0.6) is 11.5 Å². The number of benzene rings is 1. The summed E-state index contributed by atoms with van der Waals surface area (Å²) in [7, 11) is 1.65. The Morgan fingerprint density at radius 3 is 2.53 bits per heavy atom. The van der Waals surface area contributed by atoms with Crippen LogP contribution in [-0.2, 0) is 0 Å².